The summed E-state index contributed by atoms with van der Waals surface area (Å²) in [5.74, 6) is -1.00. The fourth-order valence-corrected chi connectivity index (χ4v) is 3.99. The molecule has 3 aromatic rings. The molecule has 0 radical (unpaired) electrons. The number of nitrogens with zero attached hydrogens (tertiary/aromatic N) is 2. The molecule has 0 aliphatic heterocycles. The molecule has 0 unspecified atom stereocenters. The Morgan fingerprint density at radius 1 is 1.18 bits per heavy atom. The summed E-state index contributed by atoms with van der Waals surface area (Å²) < 4.78 is 6.15. The number of hydrogen-bond acceptors (Lipinski definition) is 6. The SMILES string of the molecule is COC(=O)c1c(NC(=O)c2nn(C(C)C)c(=O)c3ccccc23)sc(C)c1C. The van der Waals surface area contributed by atoms with Crippen LogP contribution in [0.3, 0.4) is 0 Å². The van der Waals surface area contributed by atoms with Crippen molar-refractivity contribution in [3.8, 4) is 0 Å². The van der Waals surface area contributed by atoms with Crippen LogP contribution in [0.4, 0.5) is 5.00 Å². The van der Waals surface area contributed by atoms with E-state index >= 15 is 0 Å². The van der Waals surface area contributed by atoms with Crippen molar-refractivity contribution in [2.24, 2.45) is 0 Å². The van der Waals surface area contributed by atoms with Crippen LogP contribution in [0.25, 0.3) is 10.8 Å². The molecule has 1 amide bonds. The van der Waals surface area contributed by atoms with Gasteiger partial charge >= 0.3 is 5.97 Å². The maximum absolute atomic E-state index is 13.1. The molecule has 0 atom stereocenters. The van der Waals surface area contributed by atoms with E-state index in [0.717, 1.165) is 10.4 Å². The summed E-state index contributed by atoms with van der Waals surface area (Å²) in [5, 5.41) is 8.37. The second-order valence-corrected chi connectivity index (χ2v) is 7.90. The number of anilines is 1. The van der Waals surface area contributed by atoms with Gasteiger partial charge in [0.1, 0.15) is 5.00 Å². The van der Waals surface area contributed by atoms with Crippen molar-refractivity contribution in [1.82, 2.24) is 9.78 Å². The zero-order valence-corrected chi connectivity index (χ0v) is 17.1. The van der Waals surface area contributed by atoms with Gasteiger partial charge in [-0.25, -0.2) is 9.48 Å². The van der Waals surface area contributed by atoms with Crippen LogP contribution in [-0.2, 0) is 4.74 Å². The first-order valence-electron chi connectivity index (χ1n) is 8.77. The minimum atomic E-state index is -0.512. The molecule has 2 heterocycles. The van der Waals surface area contributed by atoms with Crippen molar-refractivity contribution in [2.45, 2.75) is 33.7 Å². The average Bonchev–Trinajstić information content (AvgIpc) is 2.94. The summed E-state index contributed by atoms with van der Waals surface area (Å²) in [6, 6.07) is 6.65. The number of hydrogen-bond donors (Lipinski definition) is 1. The fraction of sp³-hybridized carbons (Fsp3) is 0.300. The molecule has 0 spiro atoms. The van der Waals surface area contributed by atoms with Crippen LogP contribution in [-0.4, -0.2) is 28.8 Å². The number of carbonyl (C=O) groups is 2. The van der Waals surface area contributed by atoms with E-state index in [1.807, 2.05) is 20.8 Å². The molecule has 1 N–H and O–H groups in total. The van der Waals surface area contributed by atoms with E-state index in [4.69, 9.17) is 4.74 Å². The first-order chi connectivity index (χ1) is 13.3. The predicted molar refractivity (Wildman–Crippen MR) is 109 cm³/mol. The van der Waals surface area contributed by atoms with Crippen molar-refractivity contribution in [1.29, 1.82) is 0 Å². The summed E-state index contributed by atoms with van der Waals surface area (Å²) >= 11 is 1.30. The van der Waals surface area contributed by atoms with Gasteiger partial charge in [0.25, 0.3) is 11.5 Å². The van der Waals surface area contributed by atoms with Crippen LogP contribution in [0.15, 0.2) is 29.1 Å². The van der Waals surface area contributed by atoms with Crippen molar-refractivity contribution >= 4 is 39.0 Å². The smallest absolute Gasteiger partial charge is 0.341 e. The third-order valence-electron chi connectivity index (χ3n) is 4.53. The molecule has 0 saturated carbocycles. The number of benzene rings is 1. The second-order valence-electron chi connectivity index (χ2n) is 6.67. The van der Waals surface area contributed by atoms with E-state index in [9.17, 15) is 14.4 Å². The van der Waals surface area contributed by atoms with Crippen molar-refractivity contribution in [3.05, 3.63) is 56.3 Å². The molecule has 28 heavy (non-hydrogen) atoms. The lowest BCUT2D eigenvalue weighted by atomic mass is 10.1. The van der Waals surface area contributed by atoms with Gasteiger partial charge < -0.3 is 10.1 Å². The molecule has 8 heteroatoms. The molecule has 2 aromatic heterocycles. The summed E-state index contributed by atoms with van der Waals surface area (Å²) in [5.41, 5.74) is 0.973. The van der Waals surface area contributed by atoms with Gasteiger partial charge in [-0.15, -0.1) is 11.3 Å². The monoisotopic (exact) mass is 399 g/mol. The number of fused-ring (bicyclic) bond motifs is 1. The maximum Gasteiger partial charge on any atom is 0.341 e. The molecule has 0 bridgehead atoms. The van der Waals surface area contributed by atoms with Gasteiger partial charge in [0.15, 0.2) is 5.69 Å². The summed E-state index contributed by atoms with van der Waals surface area (Å²) in [4.78, 5) is 38.8. The number of methoxy groups -OCH3 is 1. The lowest BCUT2D eigenvalue weighted by Crippen LogP contribution is -2.29. The number of carbonyl (C=O) groups excluding carboxylic acids is 2. The number of amides is 1. The second kappa shape index (κ2) is 7.55. The van der Waals surface area contributed by atoms with Gasteiger partial charge in [-0.1, -0.05) is 18.2 Å². The van der Waals surface area contributed by atoms with Crippen molar-refractivity contribution < 1.29 is 14.3 Å². The quantitative estimate of drug-likeness (QED) is 0.676. The Bertz CT molecular complexity index is 1140. The average molecular weight is 399 g/mol. The van der Waals surface area contributed by atoms with Crippen LogP contribution >= 0.6 is 11.3 Å². The Morgan fingerprint density at radius 2 is 1.82 bits per heavy atom. The highest BCUT2D eigenvalue weighted by molar-refractivity contribution is 7.16. The van der Waals surface area contributed by atoms with E-state index in [2.05, 4.69) is 10.4 Å². The number of nitrogens with one attached hydrogen (secondary N) is 1. The zero-order valence-electron chi connectivity index (χ0n) is 16.3. The lowest BCUT2D eigenvalue weighted by Gasteiger charge is -2.13. The molecule has 146 valence electrons. The highest BCUT2D eigenvalue weighted by Crippen LogP contribution is 2.33. The number of esters is 1. The van der Waals surface area contributed by atoms with E-state index in [0.29, 0.717) is 21.3 Å². The number of aromatic nitrogens is 2. The van der Waals surface area contributed by atoms with E-state index in [1.165, 1.54) is 23.1 Å². The van der Waals surface area contributed by atoms with Crippen molar-refractivity contribution in [2.75, 3.05) is 12.4 Å². The van der Waals surface area contributed by atoms with E-state index < -0.39 is 11.9 Å². The van der Waals surface area contributed by atoms with E-state index in [-0.39, 0.29) is 17.3 Å². The molecule has 0 aliphatic rings. The Labute approximate surface area is 165 Å². The number of thiophene rings is 1. The van der Waals surface area contributed by atoms with Gasteiger partial charge in [0, 0.05) is 10.3 Å². The summed E-state index contributed by atoms with van der Waals surface area (Å²) in [6.07, 6.45) is 0. The van der Waals surface area contributed by atoms with Gasteiger partial charge in [-0.2, -0.15) is 5.10 Å². The fourth-order valence-electron chi connectivity index (χ4n) is 2.95. The molecular weight excluding hydrogens is 378 g/mol. The van der Waals surface area contributed by atoms with Crippen LogP contribution < -0.4 is 10.9 Å². The standard InChI is InChI=1S/C20H21N3O4S/c1-10(2)23-19(25)14-9-7-6-8-13(14)16(22-23)17(24)21-18-15(20(26)27-5)11(3)12(4)28-18/h6-10H,1-5H3,(H,21,24). The highest BCUT2D eigenvalue weighted by Gasteiger charge is 2.24. The van der Waals surface area contributed by atoms with Gasteiger partial charge in [-0.3, -0.25) is 9.59 Å². The molecule has 0 fully saturated rings. The van der Waals surface area contributed by atoms with Gasteiger partial charge in [0.05, 0.1) is 24.1 Å². The zero-order chi connectivity index (χ0) is 20.6. The molecule has 7 nitrogen and oxygen atoms in total. The molecule has 3 rings (SSSR count). The number of ether oxygens (including phenoxy) is 1. The highest BCUT2D eigenvalue weighted by atomic mass is 32.1. The minimum Gasteiger partial charge on any atom is -0.465 e. The predicted octanol–water partition coefficient (Wildman–Crippen LogP) is 3.69. The molecular formula is C20H21N3O4S. The minimum absolute atomic E-state index is 0.128. The molecule has 0 aliphatic carbocycles. The lowest BCUT2D eigenvalue weighted by molar-refractivity contribution is 0.0601. The Balaban J connectivity index is 2.14. The van der Waals surface area contributed by atoms with Gasteiger partial charge in [0.2, 0.25) is 0 Å². The normalized spacial score (nSPS) is 11.1. The molecule has 0 saturated heterocycles. The Hall–Kier alpha value is -3.00. The maximum atomic E-state index is 13.1. The van der Waals surface area contributed by atoms with Crippen LogP contribution in [0, 0.1) is 13.8 Å². The first-order valence-corrected chi connectivity index (χ1v) is 9.59. The van der Waals surface area contributed by atoms with Crippen LogP contribution in [0.2, 0.25) is 0 Å². The van der Waals surface area contributed by atoms with E-state index in [1.54, 1.807) is 31.2 Å². The third kappa shape index (κ3) is 3.31. The first kappa shape index (κ1) is 19.8. The number of aryl methyl sites for hydroxylation is 1. The Morgan fingerprint density at radius 3 is 2.43 bits per heavy atom. The Kier molecular flexibility index (Phi) is 5.33. The summed E-state index contributed by atoms with van der Waals surface area (Å²) in [7, 11) is 1.30. The van der Waals surface area contributed by atoms with Crippen molar-refractivity contribution in [3.63, 3.8) is 0 Å². The number of rotatable bonds is 4. The summed E-state index contributed by atoms with van der Waals surface area (Å²) in [6.45, 7) is 7.33. The third-order valence-corrected chi connectivity index (χ3v) is 5.66. The van der Waals surface area contributed by atoms with Crippen LogP contribution in [0.5, 0.6) is 0 Å². The largest absolute Gasteiger partial charge is 0.465 e. The topological polar surface area (TPSA) is 90.3 Å². The van der Waals surface area contributed by atoms with Gasteiger partial charge in [-0.05, 0) is 39.3 Å². The molecule has 1 aromatic carbocycles. The van der Waals surface area contributed by atoms with Crippen LogP contribution in [0.1, 0.15) is 51.2 Å².